The van der Waals surface area contributed by atoms with E-state index in [-0.39, 0.29) is 0 Å². The van der Waals surface area contributed by atoms with Crippen LogP contribution in [-0.4, -0.2) is 12.3 Å². The standard InChI is InChI=1S/C16H31NO/c1-12(2)14(10-11-17)8-9-16(18)15-6-4-13(3)5-7-15/h12-15H,4-11,17H2,1-3H3. The van der Waals surface area contributed by atoms with Gasteiger partial charge in [-0.25, -0.2) is 0 Å². The van der Waals surface area contributed by atoms with Crippen LogP contribution < -0.4 is 5.73 Å². The smallest absolute Gasteiger partial charge is 0.135 e. The summed E-state index contributed by atoms with van der Waals surface area (Å²) in [5.74, 6) is 2.99. The van der Waals surface area contributed by atoms with E-state index in [0.29, 0.717) is 23.5 Å². The van der Waals surface area contributed by atoms with Gasteiger partial charge in [0.15, 0.2) is 0 Å². The van der Waals surface area contributed by atoms with E-state index in [1.54, 1.807) is 0 Å². The van der Waals surface area contributed by atoms with Gasteiger partial charge in [0.05, 0.1) is 0 Å². The second-order valence-electron chi connectivity index (χ2n) is 6.54. The highest BCUT2D eigenvalue weighted by Gasteiger charge is 2.24. The summed E-state index contributed by atoms with van der Waals surface area (Å²) in [4.78, 5) is 12.2. The van der Waals surface area contributed by atoms with Gasteiger partial charge in [0.25, 0.3) is 0 Å². The van der Waals surface area contributed by atoms with E-state index in [9.17, 15) is 4.79 Å². The number of Topliss-reactive ketones (excluding diaryl/α,β-unsaturated/α-hetero) is 1. The van der Waals surface area contributed by atoms with Crippen molar-refractivity contribution in [3.8, 4) is 0 Å². The van der Waals surface area contributed by atoms with E-state index < -0.39 is 0 Å². The predicted molar refractivity (Wildman–Crippen MR) is 77.4 cm³/mol. The van der Waals surface area contributed by atoms with Crippen molar-refractivity contribution in [2.45, 2.75) is 65.7 Å². The molecule has 0 aromatic rings. The van der Waals surface area contributed by atoms with Gasteiger partial charge < -0.3 is 5.73 Å². The van der Waals surface area contributed by atoms with Gasteiger partial charge >= 0.3 is 0 Å². The molecule has 106 valence electrons. The maximum Gasteiger partial charge on any atom is 0.135 e. The van der Waals surface area contributed by atoms with Crippen molar-refractivity contribution in [2.24, 2.45) is 29.4 Å². The number of carbonyl (C=O) groups excluding carboxylic acids is 1. The molecule has 2 nitrogen and oxygen atoms in total. The second-order valence-corrected chi connectivity index (χ2v) is 6.54. The van der Waals surface area contributed by atoms with Crippen molar-refractivity contribution in [3.63, 3.8) is 0 Å². The number of carbonyl (C=O) groups is 1. The van der Waals surface area contributed by atoms with Crippen molar-refractivity contribution < 1.29 is 4.79 Å². The SMILES string of the molecule is CC1CCC(C(=O)CCC(CCN)C(C)C)CC1. The van der Waals surface area contributed by atoms with Crippen molar-refractivity contribution in [1.29, 1.82) is 0 Å². The lowest BCUT2D eigenvalue weighted by Gasteiger charge is -2.26. The zero-order valence-electron chi connectivity index (χ0n) is 12.5. The summed E-state index contributed by atoms with van der Waals surface area (Å²) in [5.41, 5.74) is 5.65. The minimum absolute atomic E-state index is 0.367. The summed E-state index contributed by atoms with van der Waals surface area (Å²) in [5, 5.41) is 0. The van der Waals surface area contributed by atoms with Crippen LogP contribution in [0.4, 0.5) is 0 Å². The fraction of sp³-hybridized carbons (Fsp3) is 0.938. The molecule has 2 N–H and O–H groups in total. The van der Waals surface area contributed by atoms with Gasteiger partial charge in [-0.15, -0.1) is 0 Å². The first-order chi connectivity index (χ1) is 8.54. The topological polar surface area (TPSA) is 43.1 Å². The number of hydrogen-bond acceptors (Lipinski definition) is 2. The van der Waals surface area contributed by atoms with Crippen LogP contribution in [0.15, 0.2) is 0 Å². The third-order valence-electron chi connectivity index (χ3n) is 4.71. The molecule has 0 saturated heterocycles. The lowest BCUT2D eigenvalue weighted by molar-refractivity contribution is -0.124. The van der Waals surface area contributed by atoms with Crippen molar-refractivity contribution in [1.82, 2.24) is 0 Å². The molecule has 0 spiro atoms. The highest BCUT2D eigenvalue weighted by Crippen LogP contribution is 2.30. The molecule has 1 unspecified atom stereocenters. The Kier molecular flexibility index (Phi) is 6.91. The molecule has 0 aromatic carbocycles. The average molecular weight is 253 g/mol. The Morgan fingerprint density at radius 3 is 2.28 bits per heavy atom. The molecule has 0 aromatic heterocycles. The van der Waals surface area contributed by atoms with E-state index >= 15 is 0 Å². The van der Waals surface area contributed by atoms with Gasteiger partial charge in [0.1, 0.15) is 5.78 Å². The molecule has 2 heteroatoms. The second kappa shape index (κ2) is 7.93. The highest BCUT2D eigenvalue weighted by atomic mass is 16.1. The maximum absolute atomic E-state index is 12.2. The summed E-state index contributed by atoms with van der Waals surface area (Å²) >= 11 is 0. The molecular formula is C16H31NO. The molecule has 1 saturated carbocycles. The van der Waals surface area contributed by atoms with Crippen molar-refractivity contribution in [2.75, 3.05) is 6.54 Å². The Morgan fingerprint density at radius 1 is 1.17 bits per heavy atom. The minimum atomic E-state index is 0.367. The van der Waals surface area contributed by atoms with Gasteiger partial charge in [-0.3, -0.25) is 4.79 Å². The highest BCUT2D eigenvalue weighted by molar-refractivity contribution is 5.81. The van der Waals surface area contributed by atoms with Gasteiger partial charge in [0.2, 0.25) is 0 Å². The number of ketones is 1. The van der Waals surface area contributed by atoms with Crippen LogP contribution in [0.3, 0.4) is 0 Å². The molecule has 0 bridgehead atoms. The van der Waals surface area contributed by atoms with Crippen LogP contribution in [0, 0.1) is 23.7 Å². The van der Waals surface area contributed by atoms with Crippen molar-refractivity contribution in [3.05, 3.63) is 0 Å². The molecule has 0 heterocycles. The van der Waals surface area contributed by atoms with E-state index in [1.807, 2.05) is 0 Å². The lowest BCUT2D eigenvalue weighted by Crippen LogP contribution is -2.22. The largest absolute Gasteiger partial charge is 0.330 e. The monoisotopic (exact) mass is 253 g/mol. The van der Waals surface area contributed by atoms with E-state index in [1.165, 1.54) is 12.8 Å². The molecule has 1 aliphatic rings. The normalized spacial score (nSPS) is 26.3. The van der Waals surface area contributed by atoms with Crippen LogP contribution in [0.2, 0.25) is 0 Å². The fourth-order valence-corrected chi connectivity index (χ4v) is 3.14. The number of nitrogens with two attached hydrogens (primary N) is 1. The minimum Gasteiger partial charge on any atom is -0.330 e. The summed E-state index contributed by atoms with van der Waals surface area (Å²) in [6.07, 6.45) is 7.63. The van der Waals surface area contributed by atoms with E-state index in [4.69, 9.17) is 5.73 Å². The van der Waals surface area contributed by atoms with Crippen LogP contribution in [0.25, 0.3) is 0 Å². The molecule has 0 amide bonds. The first-order valence-corrected chi connectivity index (χ1v) is 7.77. The lowest BCUT2D eigenvalue weighted by atomic mass is 9.78. The molecule has 0 aliphatic heterocycles. The van der Waals surface area contributed by atoms with Gasteiger partial charge in [-0.05, 0) is 50.0 Å². The summed E-state index contributed by atoms with van der Waals surface area (Å²) in [6.45, 7) is 7.54. The Balaban J connectivity index is 2.31. The third-order valence-corrected chi connectivity index (χ3v) is 4.71. The Bertz CT molecular complexity index is 241. The van der Waals surface area contributed by atoms with Gasteiger partial charge in [-0.1, -0.05) is 33.6 Å². The zero-order valence-corrected chi connectivity index (χ0v) is 12.5. The number of hydrogen-bond donors (Lipinski definition) is 1. The Labute approximate surface area is 113 Å². The molecule has 18 heavy (non-hydrogen) atoms. The van der Waals surface area contributed by atoms with Crippen molar-refractivity contribution >= 4 is 5.78 Å². The first kappa shape index (κ1) is 15.7. The van der Waals surface area contributed by atoms with Crippen LogP contribution >= 0.6 is 0 Å². The molecular weight excluding hydrogens is 222 g/mol. The molecule has 1 atom stereocenters. The summed E-state index contributed by atoms with van der Waals surface area (Å²) in [7, 11) is 0. The van der Waals surface area contributed by atoms with E-state index in [2.05, 4.69) is 20.8 Å². The van der Waals surface area contributed by atoms with Crippen LogP contribution in [-0.2, 0) is 4.79 Å². The first-order valence-electron chi connectivity index (χ1n) is 7.77. The fourth-order valence-electron chi connectivity index (χ4n) is 3.14. The summed E-state index contributed by atoms with van der Waals surface area (Å²) < 4.78 is 0. The molecule has 1 rings (SSSR count). The quantitative estimate of drug-likeness (QED) is 0.750. The van der Waals surface area contributed by atoms with Crippen LogP contribution in [0.1, 0.15) is 65.7 Å². The number of rotatable bonds is 7. The zero-order chi connectivity index (χ0) is 13.5. The predicted octanol–water partition coefficient (Wildman–Crippen LogP) is 3.78. The average Bonchev–Trinajstić information content (AvgIpc) is 2.34. The van der Waals surface area contributed by atoms with Gasteiger partial charge in [-0.2, -0.15) is 0 Å². The maximum atomic E-state index is 12.2. The van der Waals surface area contributed by atoms with Gasteiger partial charge in [0, 0.05) is 12.3 Å². The third kappa shape index (κ3) is 5.09. The Hall–Kier alpha value is -0.370. The molecule has 1 fully saturated rings. The molecule has 1 aliphatic carbocycles. The summed E-state index contributed by atoms with van der Waals surface area (Å²) in [6, 6.07) is 0. The Morgan fingerprint density at radius 2 is 1.78 bits per heavy atom. The van der Waals surface area contributed by atoms with E-state index in [0.717, 1.165) is 44.6 Å². The van der Waals surface area contributed by atoms with Crippen LogP contribution in [0.5, 0.6) is 0 Å². The molecule has 0 radical (unpaired) electrons.